The number of nitro benzene ring substituents is 1. The third-order valence-corrected chi connectivity index (χ3v) is 4.27. The highest BCUT2D eigenvalue weighted by molar-refractivity contribution is 8.03. The first kappa shape index (κ1) is 21.7. The number of rotatable bonds is 8. The van der Waals surface area contributed by atoms with Crippen LogP contribution < -0.4 is 10.1 Å². The van der Waals surface area contributed by atoms with Crippen molar-refractivity contribution in [3.63, 3.8) is 0 Å². The molecule has 150 valence electrons. The molecule has 0 aromatic heterocycles. The average molecular weight is 415 g/mol. The number of nitriles is 1. The normalized spacial score (nSPS) is 9.97. The van der Waals surface area contributed by atoms with E-state index in [1.165, 1.54) is 24.3 Å². The number of benzene rings is 2. The molecule has 0 unspecified atom stereocenters. The highest BCUT2D eigenvalue weighted by Crippen LogP contribution is 2.27. The number of carbonyl (C=O) groups is 2. The fourth-order valence-corrected chi connectivity index (χ4v) is 3.04. The smallest absolute Gasteiger partial charge is 0.344 e. The Morgan fingerprint density at radius 3 is 2.48 bits per heavy atom. The van der Waals surface area contributed by atoms with Crippen molar-refractivity contribution in [2.24, 2.45) is 0 Å². The molecule has 2 aromatic rings. The molecule has 0 aliphatic rings. The largest absolute Gasteiger partial charge is 0.475 e. The molecule has 0 saturated carbocycles. The van der Waals surface area contributed by atoms with Gasteiger partial charge in [0.25, 0.3) is 5.91 Å². The molecule has 0 saturated heterocycles. The topological polar surface area (TPSA) is 132 Å². The first-order chi connectivity index (χ1) is 13.8. The molecule has 2 rings (SSSR count). The molecule has 10 heteroatoms. The predicted octanol–water partition coefficient (Wildman–Crippen LogP) is 3.35. The maximum Gasteiger partial charge on any atom is 0.344 e. The van der Waals surface area contributed by atoms with Gasteiger partial charge in [-0.3, -0.25) is 14.9 Å². The number of esters is 1. The monoisotopic (exact) mass is 415 g/mol. The third-order valence-electron chi connectivity index (χ3n) is 3.71. The van der Waals surface area contributed by atoms with Crippen molar-refractivity contribution in [3.05, 3.63) is 57.6 Å². The van der Waals surface area contributed by atoms with Crippen molar-refractivity contribution in [1.82, 2.24) is 0 Å². The number of amides is 1. The fraction of sp³-hybridized carbons (Fsp3) is 0.211. The molecule has 0 fully saturated rings. The van der Waals surface area contributed by atoms with Crippen LogP contribution in [0.5, 0.6) is 5.75 Å². The van der Waals surface area contributed by atoms with Crippen molar-refractivity contribution in [3.8, 4) is 11.2 Å². The molecule has 9 nitrogen and oxygen atoms in total. The Labute approximate surface area is 170 Å². The van der Waals surface area contributed by atoms with Gasteiger partial charge in [0.05, 0.1) is 4.92 Å². The molecule has 0 radical (unpaired) electrons. The van der Waals surface area contributed by atoms with Crippen LogP contribution in [0.4, 0.5) is 11.4 Å². The number of nitrogens with zero attached hydrogens (tertiary/aromatic N) is 2. The van der Waals surface area contributed by atoms with E-state index in [-0.39, 0.29) is 11.4 Å². The lowest BCUT2D eigenvalue weighted by molar-refractivity contribution is -0.385. The molecule has 2 aromatic carbocycles. The van der Waals surface area contributed by atoms with Crippen LogP contribution in [0, 0.1) is 34.6 Å². The summed E-state index contributed by atoms with van der Waals surface area (Å²) in [5.74, 6) is -1.45. The summed E-state index contributed by atoms with van der Waals surface area (Å²) in [5, 5.41) is 24.3. The second-order valence-corrected chi connectivity index (χ2v) is 6.71. The lowest BCUT2D eigenvalue weighted by atomic mass is 10.1. The van der Waals surface area contributed by atoms with Crippen LogP contribution >= 0.6 is 11.8 Å². The Morgan fingerprint density at radius 2 is 1.86 bits per heavy atom. The summed E-state index contributed by atoms with van der Waals surface area (Å²) in [6, 6.07) is 9.15. The molecule has 1 amide bonds. The molecule has 0 heterocycles. The maximum absolute atomic E-state index is 12.1. The first-order valence-corrected chi connectivity index (χ1v) is 9.12. The Kier molecular flexibility index (Phi) is 7.56. The number of carbonyl (C=O) groups excluding carboxylic acids is 2. The summed E-state index contributed by atoms with van der Waals surface area (Å²) >= 11 is 1.02. The SMILES string of the molecule is Cc1cc(SC#N)cc(C)c1NC(=O)COC(=O)COc1ccccc1[N+](=O)[O-]. The molecule has 0 atom stereocenters. The lowest BCUT2D eigenvalue weighted by Crippen LogP contribution is -2.24. The van der Waals surface area contributed by atoms with Crippen LogP contribution in [0.1, 0.15) is 11.1 Å². The van der Waals surface area contributed by atoms with Crippen LogP contribution in [-0.4, -0.2) is 30.0 Å². The summed E-state index contributed by atoms with van der Waals surface area (Å²) in [4.78, 5) is 34.9. The Hall–Kier alpha value is -3.58. The number of nitro groups is 1. The van der Waals surface area contributed by atoms with Crippen molar-refractivity contribution in [2.75, 3.05) is 18.5 Å². The molecule has 1 N–H and O–H groups in total. The van der Waals surface area contributed by atoms with E-state index in [2.05, 4.69) is 5.32 Å². The van der Waals surface area contributed by atoms with Gasteiger partial charge in [-0.2, -0.15) is 5.26 Å². The van der Waals surface area contributed by atoms with Gasteiger partial charge in [0.2, 0.25) is 0 Å². The van der Waals surface area contributed by atoms with Gasteiger partial charge in [0.1, 0.15) is 5.40 Å². The van der Waals surface area contributed by atoms with Crippen molar-refractivity contribution < 1.29 is 24.0 Å². The van der Waals surface area contributed by atoms with E-state index < -0.39 is 30.0 Å². The zero-order valence-corrected chi connectivity index (χ0v) is 16.4. The number of ether oxygens (including phenoxy) is 2. The quantitative estimate of drug-likeness (QED) is 0.228. The van der Waals surface area contributed by atoms with Crippen LogP contribution in [0.15, 0.2) is 41.3 Å². The minimum Gasteiger partial charge on any atom is -0.475 e. The van der Waals surface area contributed by atoms with Crippen LogP contribution in [0.3, 0.4) is 0 Å². The highest BCUT2D eigenvalue weighted by Gasteiger charge is 2.16. The summed E-state index contributed by atoms with van der Waals surface area (Å²) < 4.78 is 9.96. The summed E-state index contributed by atoms with van der Waals surface area (Å²) in [6.45, 7) is 2.47. The zero-order chi connectivity index (χ0) is 21.4. The highest BCUT2D eigenvalue weighted by atomic mass is 32.2. The van der Waals surface area contributed by atoms with Crippen molar-refractivity contribution >= 4 is 35.0 Å². The standard InChI is InChI=1S/C19H17N3O6S/c1-12-7-14(29-11-20)8-13(2)19(12)21-17(23)9-28-18(24)10-27-16-6-4-3-5-15(16)22(25)26/h3-8H,9-10H2,1-2H3,(H,21,23). The van der Waals surface area contributed by atoms with Gasteiger partial charge in [0, 0.05) is 16.6 Å². The zero-order valence-electron chi connectivity index (χ0n) is 15.6. The van der Waals surface area contributed by atoms with E-state index >= 15 is 0 Å². The molecular formula is C19H17N3O6S. The number of para-hydroxylation sites is 2. The van der Waals surface area contributed by atoms with Crippen molar-refractivity contribution in [2.45, 2.75) is 18.7 Å². The first-order valence-electron chi connectivity index (χ1n) is 8.30. The predicted molar refractivity (Wildman–Crippen MR) is 106 cm³/mol. The third kappa shape index (κ3) is 6.22. The van der Waals surface area contributed by atoms with Gasteiger partial charge >= 0.3 is 11.7 Å². The number of thioether (sulfide) groups is 1. The molecule has 0 spiro atoms. The fourth-order valence-electron chi connectivity index (χ4n) is 2.46. The van der Waals surface area contributed by atoms with Gasteiger partial charge < -0.3 is 14.8 Å². The van der Waals surface area contributed by atoms with Crippen LogP contribution in [0.25, 0.3) is 0 Å². The van der Waals surface area contributed by atoms with Gasteiger partial charge in [-0.15, -0.1) is 0 Å². The maximum atomic E-state index is 12.1. The summed E-state index contributed by atoms with van der Waals surface area (Å²) in [6.07, 6.45) is 0. The number of thiocyanates is 1. The van der Waals surface area contributed by atoms with Gasteiger partial charge in [-0.05, 0) is 54.9 Å². The number of hydrogen-bond donors (Lipinski definition) is 1. The Morgan fingerprint density at radius 1 is 1.21 bits per heavy atom. The number of aryl methyl sites for hydroxylation is 2. The average Bonchev–Trinajstić information content (AvgIpc) is 2.68. The number of nitrogens with one attached hydrogen (secondary N) is 1. The lowest BCUT2D eigenvalue weighted by Gasteiger charge is -2.13. The van der Waals surface area contributed by atoms with Crippen molar-refractivity contribution in [1.29, 1.82) is 5.26 Å². The molecule has 0 aliphatic carbocycles. The second-order valence-electron chi connectivity index (χ2n) is 5.85. The van der Waals surface area contributed by atoms with E-state index in [9.17, 15) is 19.7 Å². The van der Waals surface area contributed by atoms with E-state index in [4.69, 9.17) is 14.7 Å². The minimum atomic E-state index is -0.840. The second kappa shape index (κ2) is 10.1. The van der Waals surface area contributed by atoms with E-state index in [1.54, 1.807) is 26.0 Å². The number of anilines is 1. The molecular weight excluding hydrogens is 398 g/mol. The Bertz CT molecular complexity index is 963. The molecule has 0 aliphatic heterocycles. The summed E-state index contributed by atoms with van der Waals surface area (Å²) in [7, 11) is 0. The Balaban J connectivity index is 1.88. The van der Waals surface area contributed by atoms with Gasteiger partial charge in [-0.25, -0.2) is 4.79 Å². The van der Waals surface area contributed by atoms with Gasteiger partial charge in [0.15, 0.2) is 19.0 Å². The van der Waals surface area contributed by atoms with Crippen LogP contribution in [0.2, 0.25) is 0 Å². The van der Waals surface area contributed by atoms with E-state index in [0.29, 0.717) is 5.69 Å². The van der Waals surface area contributed by atoms with E-state index in [1.807, 2.05) is 5.40 Å². The number of hydrogen-bond acceptors (Lipinski definition) is 8. The van der Waals surface area contributed by atoms with Crippen LogP contribution in [-0.2, 0) is 14.3 Å². The van der Waals surface area contributed by atoms with E-state index in [0.717, 1.165) is 27.8 Å². The van der Waals surface area contributed by atoms with Gasteiger partial charge in [-0.1, -0.05) is 12.1 Å². The molecule has 0 bridgehead atoms. The summed E-state index contributed by atoms with van der Waals surface area (Å²) in [5.41, 5.74) is 1.83. The molecule has 29 heavy (non-hydrogen) atoms. The minimum absolute atomic E-state index is 0.0690.